The van der Waals surface area contributed by atoms with Crippen molar-refractivity contribution in [2.24, 2.45) is 0 Å². The fourth-order valence-corrected chi connectivity index (χ4v) is 2.47. The molecule has 0 bridgehead atoms. The van der Waals surface area contributed by atoms with Crippen LogP contribution in [-0.2, 0) is 6.54 Å². The van der Waals surface area contributed by atoms with Crippen molar-refractivity contribution in [3.8, 4) is 5.75 Å². The summed E-state index contributed by atoms with van der Waals surface area (Å²) >= 11 is 0. The lowest BCUT2D eigenvalue weighted by Gasteiger charge is -2.23. The lowest BCUT2D eigenvalue weighted by atomic mass is 10.1. The molecule has 0 saturated heterocycles. The molecule has 0 atom stereocenters. The van der Waals surface area contributed by atoms with Crippen LogP contribution in [0.3, 0.4) is 0 Å². The van der Waals surface area contributed by atoms with Crippen LogP contribution in [0.2, 0.25) is 0 Å². The van der Waals surface area contributed by atoms with Crippen LogP contribution >= 0.6 is 0 Å². The van der Waals surface area contributed by atoms with Gasteiger partial charge in [-0.05, 0) is 42.7 Å². The average molecular weight is 299 g/mol. The molecule has 1 aliphatic carbocycles. The predicted octanol–water partition coefficient (Wildman–Crippen LogP) is 3.64. The summed E-state index contributed by atoms with van der Waals surface area (Å²) in [5.74, 6) is 0.0754. The number of methoxy groups -OCH3 is 1. The van der Waals surface area contributed by atoms with E-state index in [1.54, 1.807) is 30.2 Å². The van der Waals surface area contributed by atoms with Crippen molar-refractivity contribution in [2.75, 3.05) is 7.11 Å². The maximum absolute atomic E-state index is 13.9. The summed E-state index contributed by atoms with van der Waals surface area (Å²) in [4.78, 5) is 14.4. The van der Waals surface area contributed by atoms with Crippen LogP contribution in [0.5, 0.6) is 5.75 Å². The van der Waals surface area contributed by atoms with Crippen LogP contribution in [0.1, 0.15) is 28.8 Å². The maximum Gasteiger partial charge on any atom is 0.257 e. The lowest BCUT2D eigenvalue weighted by Crippen LogP contribution is -2.33. The summed E-state index contributed by atoms with van der Waals surface area (Å²) in [6, 6.07) is 14.0. The van der Waals surface area contributed by atoms with Gasteiger partial charge < -0.3 is 9.64 Å². The molecule has 114 valence electrons. The second kappa shape index (κ2) is 6.18. The van der Waals surface area contributed by atoms with Crippen LogP contribution in [-0.4, -0.2) is 24.0 Å². The van der Waals surface area contributed by atoms with E-state index in [0.29, 0.717) is 6.54 Å². The van der Waals surface area contributed by atoms with E-state index >= 15 is 0 Å². The minimum absolute atomic E-state index is 0.142. The number of carbonyl (C=O) groups excluding carboxylic acids is 1. The topological polar surface area (TPSA) is 29.5 Å². The zero-order chi connectivity index (χ0) is 15.5. The molecule has 0 aromatic heterocycles. The molecule has 3 rings (SSSR count). The zero-order valence-corrected chi connectivity index (χ0v) is 12.5. The molecule has 1 amide bonds. The van der Waals surface area contributed by atoms with E-state index in [-0.39, 0.29) is 17.5 Å². The van der Waals surface area contributed by atoms with Gasteiger partial charge in [0.25, 0.3) is 5.91 Å². The molecule has 1 saturated carbocycles. The summed E-state index contributed by atoms with van der Waals surface area (Å²) < 4.78 is 19.0. The Morgan fingerprint density at radius 2 is 1.86 bits per heavy atom. The van der Waals surface area contributed by atoms with Crippen LogP contribution in [0.4, 0.5) is 4.39 Å². The highest BCUT2D eigenvalue weighted by molar-refractivity contribution is 5.94. The second-order valence-electron chi connectivity index (χ2n) is 5.49. The number of hydrogen-bond donors (Lipinski definition) is 0. The first-order valence-electron chi connectivity index (χ1n) is 7.37. The molecule has 2 aromatic carbocycles. The normalized spacial score (nSPS) is 13.7. The number of nitrogens with zero attached hydrogens (tertiary/aromatic N) is 1. The minimum Gasteiger partial charge on any atom is -0.497 e. The maximum atomic E-state index is 13.9. The Morgan fingerprint density at radius 1 is 1.18 bits per heavy atom. The molecule has 0 unspecified atom stereocenters. The van der Waals surface area contributed by atoms with Crippen LogP contribution < -0.4 is 4.74 Å². The molecule has 0 spiro atoms. The quantitative estimate of drug-likeness (QED) is 0.843. The third-order valence-electron chi connectivity index (χ3n) is 3.86. The third kappa shape index (κ3) is 3.11. The van der Waals surface area contributed by atoms with Gasteiger partial charge in [-0.15, -0.1) is 0 Å². The second-order valence-corrected chi connectivity index (χ2v) is 5.49. The van der Waals surface area contributed by atoms with Gasteiger partial charge in [-0.2, -0.15) is 0 Å². The summed E-state index contributed by atoms with van der Waals surface area (Å²) in [5, 5.41) is 0. The van der Waals surface area contributed by atoms with Gasteiger partial charge in [0.05, 0.1) is 12.7 Å². The first kappa shape index (κ1) is 14.6. The van der Waals surface area contributed by atoms with Crippen molar-refractivity contribution in [3.63, 3.8) is 0 Å². The molecule has 0 aliphatic heterocycles. The number of rotatable bonds is 5. The molecule has 1 fully saturated rings. The highest BCUT2D eigenvalue weighted by Crippen LogP contribution is 2.30. The molecule has 1 aliphatic rings. The van der Waals surface area contributed by atoms with Crippen molar-refractivity contribution in [3.05, 3.63) is 65.5 Å². The number of ether oxygens (including phenoxy) is 1. The van der Waals surface area contributed by atoms with E-state index < -0.39 is 5.82 Å². The Kier molecular flexibility index (Phi) is 4.09. The van der Waals surface area contributed by atoms with Crippen LogP contribution in [0.25, 0.3) is 0 Å². The summed E-state index contributed by atoms with van der Waals surface area (Å²) in [6.07, 6.45) is 1.96. The van der Waals surface area contributed by atoms with E-state index in [4.69, 9.17) is 4.74 Å². The van der Waals surface area contributed by atoms with Gasteiger partial charge >= 0.3 is 0 Å². The third-order valence-corrected chi connectivity index (χ3v) is 3.86. The van der Waals surface area contributed by atoms with Crippen molar-refractivity contribution in [2.45, 2.75) is 25.4 Å². The monoisotopic (exact) mass is 299 g/mol. The van der Waals surface area contributed by atoms with Crippen LogP contribution in [0, 0.1) is 5.82 Å². The lowest BCUT2D eigenvalue weighted by molar-refractivity contribution is 0.0725. The molecule has 0 N–H and O–H groups in total. The highest BCUT2D eigenvalue weighted by Gasteiger charge is 2.33. The first-order chi connectivity index (χ1) is 10.7. The fourth-order valence-electron chi connectivity index (χ4n) is 2.47. The Hall–Kier alpha value is -2.36. The van der Waals surface area contributed by atoms with Gasteiger partial charge in [0, 0.05) is 12.6 Å². The fraction of sp³-hybridized carbons (Fsp3) is 0.278. The van der Waals surface area contributed by atoms with Gasteiger partial charge in [-0.3, -0.25) is 4.79 Å². The number of carbonyl (C=O) groups is 1. The number of hydrogen-bond acceptors (Lipinski definition) is 2. The minimum atomic E-state index is -0.465. The van der Waals surface area contributed by atoms with Crippen molar-refractivity contribution in [1.82, 2.24) is 4.90 Å². The summed E-state index contributed by atoms with van der Waals surface area (Å²) in [5.41, 5.74) is 1.15. The molecule has 2 aromatic rings. The largest absolute Gasteiger partial charge is 0.497 e. The Morgan fingerprint density at radius 3 is 2.45 bits per heavy atom. The summed E-state index contributed by atoms with van der Waals surface area (Å²) in [6.45, 7) is 0.488. The number of benzene rings is 2. The average Bonchev–Trinajstić information content (AvgIpc) is 3.38. The van der Waals surface area contributed by atoms with E-state index in [0.717, 1.165) is 24.2 Å². The van der Waals surface area contributed by atoms with Gasteiger partial charge in [-0.1, -0.05) is 24.3 Å². The molecule has 3 nitrogen and oxygen atoms in total. The van der Waals surface area contributed by atoms with E-state index in [2.05, 4.69) is 0 Å². The van der Waals surface area contributed by atoms with Crippen molar-refractivity contribution >= 4 is 5.91 Å². The van der Waals surface area contributed by atoms with Crippen molar-refractivity contribution in [1.29, 1.82) is 0 Å². The Labute approximate surface area is 129 Å². The molecule has 4 heteroatoms. The molecule has 22 heavy (non-hydrogen) atoms. The molecular weight excluding hydrogens is 281 g/mol. The van der Waals surface area contributed by atoms with E-state index in [1.165, 1.54) is 6.07 Å². The van der Waals surface area contributed by atoms with Crippen LogP contribution in [0.15, 0.2) is 48.5 Å². The molecular formula is C18H18FNO2. The SMILES string of the molecule is COc1ccc(CN(C(=O)c2ccccc2F)C2CC2)cc1. The smallest absolute Gasteiger partial charge is 0.257 e. The molecule has 0 heterocycles. The predicted molar refractivity (Wildman–Crippen MR) is 82.3 cm³/mol. The standard InChI is InChI=1S/C18H18FNO2/c1-22-15-10-6-13(7-11-15)12-20(14-8-9-14)18(21)16-4-2-3-5-17(16)19/h2-7,10-11,14H,8-9,12H2,1H3. The zero-order valence-electron chi connectivity index (χ0n) is 12.5. The van der Waals surface area contributed by atoms with Gasteiger partial charge in [0.15, 0.2) is 0 Å². The Balaban J connectivity index is 1.80. The van der Waals surface area contributed by atoms with E-state index in [1.807, 2.05) is 24.3 Å². The Bertz CT molecular complexity index is 665. The molecule has 0 radical (unpaired) electrons. The van der Waals surface area contributed by atoms with Gasteiger partial charge in [-0.25, -0.2) is 4.39 Å². The van der Waals surface area contributed by atoms with Crippen molar-refractivity contribution < 1.29 is 13.9 Å². The highest BCUT2D eigenvalue weighted by atomic mass is 19.1. The summed E-state index contributed by atoms with van der Waals surface area (Å²) in [7, 11) is 1.62. The first-order valence-corrected chi connectivity index (χ1v) is 7.37. The van der Waals surface area contributed by atoms with E-state index in [9.17, 15) is 9.18 Å². The number of halogens is 1. The van der Waals surface area contributed by atoms with Gasteiger partial charge in [0.2, 0.25) is 0 Å². The van der Waals surface area contributed by atoms with Gasteiger partial charge in [0.1, 0.15) is 11.6 Å². The number of amides is 1.